The number of hydrogen-bond donors (Lipinski definition) is 0. The molecule has 0 saturated carbocycles. The van der Waals surface area contributed by atoms with Gasteiger partial charge in [0, 0.05) is 38.6 Å². The lowest BCUT2D eigenvalue weighted by atomic mass is 10.2. The number of imidazole rings is 1. The van der Waals surface area contributed by atoms with Crippen LogP contribution in [0.3, 0.4) is 0 Å². The number of fused-ring (bicyclic) bond motifs is 1. The van der Waals surface area contributed by atoms with Crippen LogP contribution in [0.5, 0.6) is 0 Å². The summed E-state index contributed by atoms with van der Waals surface area (Å²) in [6, 6.07) is 6.65. The van der Waals surface area contributed by atoms with Gasteiger partial charge >= 0.3 is 6.18 Å². The van der Waals surface area contributed by atoms with Gasteiger partial charge in [0.2, 0.25) is 5.91 Å². The Bertz CT molecular complexity index is 1070. The maximum absolute atomic E-state index is 12.8. The van der Waals surface area contributed by atoms with Crippen molar-refractivity contribution in [2.75, 3.05) is 36.8 Å². The monoisotopic (exact) mass is 455 g/mol. The number of carbonyl (C=O) groups excluding carboxylic acids is 1. The van der Waals surface area contributed by atoms with Gasteiger partial charge in [0.15, 0.2) is 5.16 Å². The van der Waals surface area contributed by atoms with E-state index in [4.69, 9.17) is 11.6 Å². The van der Waals surface area contributed by atoms with Crippen molar-refractivity contribution in [3.05, 3.63) is 53.4 Å². The van der Waals surface area contributed by atoms with Crippen LogP contribution in [0, 0.1) is 0 Å². The largest absolute Gasteiger partial charge is 0.417 e. The van der Waals surface area contributed by atoms with E-state index in [1.165, 1.54) is 11.8 Å². The van der Waals surface area contributed by atoms with Gasteiger partial charge in [-0.3, -0.25) is 9.20 Å². The molecule has 0 atom stereocenters. The van der Waals surface area contributed by atoms with Gasteiger partial charge < -0.3 is 9.80 Å². The Balaban J connectivity index is 1.33. The average Bonchev–Trinajstić information content (AvgIpc) is 3.14. The summed E-state index contributed by atoms with van der Waals surface area (Å²) in [7, 11) is 0. The normalized spacial score (nSPS) is 15.1. The Morgan fingerprint density at radius 2 is 1.90 bits per heavy atom. The fourth-order valence-electron chi connectivity index (χ4n) is 3.23. The van der Waals surface area contributed by atoms with E-state index in [0.717, 1.165) is 22.9 Å². The van der Waals surface area contributed by atoms with Crippen molar-refractivity contribution in [2.45, 2.75) is 11.3 Å². The molecule has 4 rings (SSSR count). The lowest BCUT2D eigenvalue weighted by Crippen LogP contribution is -2.49. The van der Waals surface area contributed by atoms with Crippen LogP contribution in [-0.2, 0) is 11.0 Å². The summed E-state index contributed by atoms with van der Waals surface area (Å²) in [6.07, 6.45) is -0.0521. The first-order valence-corrected chi connectivity index (χ1v) is 10.5. The molecule has 4 heterocycles. The zero-order chi connectivity index (χ0) is 21.3. The van der Waals surface area contributed by atoms with Gasteiger partial charge in [-0.1, -0.05) is 29.4 Å². The second kappa shape index (κ2) is 8.35. The Hall–Kier alpha value is -2.46. The van der Waals surface area contributed by atoms with Crippen LogP contribution in [-0.4, -0.2) is 57.1 Å². The third kappa shape index (κ3) is 4.34. The van der Waals surface area contributed by atoms with Gasteiger partial charge in [0.25, 0.3) is 0 Å². The Kier molecular flexibility index (Phi) is 5.79. The Morgan fingerprint density at radius 1 is 1.13 bits per heavy atom. The SMILES string of the molecule is O=C(CSc1ncc2ccccn12)N1CCN(c2ncc(C(F)(F)F)cc2Cl)CC1. The van der Waals surface area contributed by atoms with Crippen molar-refractivity contribution < 1.29 is 18.0 Å². The standard InChI is InChI=1S/C19H17ClF3N5OS/c20-15-9-13(19(21,22)23)10-24-17(15)27-7-5-26(6-8-27)16(29)12-30-18-25-11-14-3-1-2-4-28(14)18/h1-4,9-11H,5-8,12H2. The number of rotatable bonds is 4. The maximum Gasteiger partial charge on any atom is 0.417 e. The molecule has 0 unspecified atom stereocenters. The summed E-state index contributed by atoms with van der Waals surface area (Å²) >= 11 is 7.39. The molecule has 0 bridgehead atoms. The molecular formula is C19H17ClF3N5OS. The lowest BCUT2D eigenvalue weighted by molar-refractivity contribution is -0.137. The highest BCUT2D eigenvalue weighted by Gasteiger charge is 2.32. The van der Waals surface area contributed by atoms with Crippen molar-refractivity contribution in [3.63, 3.8) is 0 Å². The molecule has 1 amide bonds. The van der Waals surface area contributed by atoms with Crippen molar-refractivity contribution in [3.8, 4) is 0 Å². The first-order valence-electron chi connectivity index (χ1n) is 9.13. The number of piperazine rings is 1. The van der Waals surface area contributed by atoms with Crippen LogP contribution in [0.25, 0.3) is 5.52 Å². The number of nitrogens with zero attached hydrogens (tertiary/aromatic N) is 5. The highest BCUT2D eigenvalue weighted by Crippen LogP contribution is 2.33. The number of aromatic nitrogens is 3. The van der Waals surface area contributed by atoms with Crippen molar-refractivity contribution in [1.29, 1.82) is 0 Å². The molecule has 1 fully saturated rings. The fourth-order valence-corrected chi connectivity index (χ4v) is 4.38. The predicted molar refractivity (Wildman–Crippen MR) is 109 cm³/mol. The molecular weight excluding hydrogens is 439 g/mol. The van der Waals surface area contributed by atoms with Gasteiger partial charge in [-0.2, -0.15) is 13.2 Å². The second-order valence-electron chi connectivity index (χ2n) is 6.72. The molecule has 0 radical (unpaired) electrons. The summed E-state index contributed by atoms with van der Waals surface area (Å²) < 4.78 is 40.3. The fraction of sp³-hybridized carbons (Fsp3) is 0.316. The number of thioether (sulfide) groups is 1. The van der Waals surface area contributed by atoms with Crippen LogP contribution >= 0.6 is 23.4 Å². The van der Waals surface area contributed by atoms with E-state index in [1.54, 1.807) is 16.0 Å². The predicted octanol–water partition coefficient (Wildman–Crippen LogP) is 3.84. The quantitative estimate of drug-likeness (QED) is 0.559. The number of anilines is 1. The van der Waals surface area contributed by atoms with E-state index < -0.39 is 11.7 Å². The zero-order valence-corrected chi connectivity index (χ0v) is 17.2. The number of halogens is 4. The van der Waals surface area contributed by atoms with Gasteiger partial charge in [0.05, 0.1) is 28.1 Å². The summed E-state index contributed by atoms with van der Waals surface area (Å²) in [5.41, 5.74) is 0.0792. The summed E-state index contributed by atoms with van der Waals surface area (Å²) in [4.78, 5) is 24.3. The molecule has 0 aromatic carbocycles. The molecule has 158 valence electrons. The van der Waals surface area contributed by atoms with E-state index >= 15 is 0 Å². The van der Waals surface area contributed by atoms with E-state index in [0.29, 0.717) is 32.0 Å². The minimum absolute atomic E-state index is 0.0150. The molecule has 11 heteroatoms. The first kappa shape index (κ1) is 20.8. The zero-order valence-electron chi connectivity index (χ0n) is 15.6. The smallest absolute Gasteiger partial charge is 0.352 e. The van der Waals surface area contributed by atoms with Crippen LogP contribution < -0.4 is 4.90 Å². The molecule has 3 aromatic rings. The second-order valence-corrected chi connectivity index (χ2v) is 8.07. The van der Waals surface area contributed by atoms with Gasteiger partial charge in [-0.25, -0.2) is 9.97 Å². The number of pyridine rings is 2. The summed E-state index contributed by atoms with van der Waals surface area (Å²) in [6.45, 7) is 1.78. The van der Waals surface area contributed by atoms with Gasteiger partial charge in [0.1, 0.15) is 5.82 Å². The van der Waals surface area contributed by atoms with E-state index in [-0.39, 0.29) is 16.7 Å². The highest BCUT2D eigenvalue weighted by molar-refractivity contribution is 7.99. The minimum Gasteiger partial charge on any atom is -0.352 e. The average molecular weight is 456 g/mol. The van der Waals surface area contributed by atoms with E-state index in [1.807, 2.05) is 28.8 Å². The van der Waals surface area contributed by atoms with Crippen LogP contribution in [0.15, 0.2) is 48.0 Å². The Labute approximate surface area is 179 Å². The molecule has 1 saturated heterocycles. The minimum atomic E-state index is -4.49. The molecule has 6 nitrogen and oxygen atoms in total. The molecule has 0 N–H and O–H groups in total. The highest BCUT2D eigenvalue weighted by atomic mass is 35.5. The topological polar surface area (TPSA) is 53.7 Å². The van der Waals surface area contributed by atoms with Crippen LogP contribution in [0.1, 0.15) is 5.56 Å². The Morgan fingerprint density at radius 3 is 2.60 bits per heavy atom. The maximum atomic E-state index is 12.8. The van der Waals surface area contributed by atoms with Crippen molar-refractivity contribution in [2.24, 2.45) is 0 Å². The molecule has 0 aliphatic carbocycles. The van der Waals surface area contributed by atoms with Crippen molar-refractivity contribution >= 4 is 40.6 Å². The molecule has 1 aliphatic heterocycles. The number of carbonyl (C=O) groups is 1. The molecule has 3 aromatic heterocycles. The number of amides is 1. The van der Waals surface area contributed by atoms with E-state index in [2.05, 4.69) is 9.97 Å². The lowest BCUT2D eigenvalue weighted by Gasteiger charge is -2.35. The summed E-state index contributed by atoms with van der Waals surface area (Å²) in [5, 5.41) is 0.699. The third-order valence-electron chi connectivity index (χ3n) is 4.81. The number of hydrogen-bond acceptors (Lipinski definition) is 5. The van der Waals surface area contributed by atoms with Crippen LogP contribution in [0.2, 0.25) is 5.02 Å². The van der Waals surface area contributed by atoms with Gasteiger partial charge in [-0.05, 0) is 18.2 Å². The first-order chi connectivity index (χ1) is 14.3. The van der Waals surface area contributed by atoms with Crippen molar-refractivity contribution in [1.82, 2.24) is 19.3 Å². The van der Waals surface area contributed by atoms with Gasteiger partial charge in [-0.15, -0.1) is 0 Å². The molecule has 1 aliphatic rings. The summed E-state index contributed by atoms with van der Waals surface area (Å²) in [5.74, 6) is 0.543. The number of alkyl halides is 3. The third-order valence-corrected chi connectivity index (χ3v) is 6.04. The van der Waals surface area contributed by atoms with E-state index in [9.17, 15) is 18.0 Å². The molecule has 0 spiro atoms. The molecule has 30 heavy (non-hydrogen) atoms. The van der Waals surface area contributed by atoms with Crippen LogP contribution in [0.4, 0.5) is 19.0 Å².